The van der Waals surface area contributed by atoms with Gasteiger partial charge in [-0.1, -0.05) is 35.8 Å². The molecule has 7 heteroatoms. The first kappa shape index (κ1) is 18.5. The van der Waals surface area contributed by atoms with Gasteiger partial charge in [0.15, 0.2) is 0 Å². The van der Waals surface area contributed by atoms with E-state index in [4.69, 9.17) is 16.1 Å². The van der Waals surface area contributed by atoms with Gasteiger partial charge in [-0.15, -0.1) is 0 Å². The Labute approximate surface area is 168 Å². The molecule has 2 aromatic carbocycles. The van der Waals surface area contributed by atoms with Crippen molar-refractivity contribution in [2.75, 3.05) is 11.9 Å². The second-order valence-corrected chi connectivity index (χ2v) is 7.23. The van der Waals surface area contributed by atoms with E-state index in [1.54, 1.807) is 17.0 Å². The normalized spacial score (nSPS) is 16.4. The molecule has 4 rings (SSSR count). The van der Waals surface area contributed by atoms with E-state index in [1.165, 1.54) is 5.56 Å². The van der Waals surface area contributed by atoms with Gasteiger partial charge in [-0.2, -0.15) is 4.98 Å². The van der Waals surface area contributed by atoms with E-state index in [1.807, 2.05) is 36.4 Å². The quantitative estimate of drug-likeness (QED) is 0.647. The highest BCUT2D eigenvalue weighted by atomic mass is 35.5. The molecule has 1 aliphatic heterocycles. The number of carbonyl (C=O) groups is 1. The number of hydrogen-bond donors (Lipinski definition) is 1. The number of aryl methyl sites for hydroxylation is 1. The van der Waals surface area contributed by atoms with E-state index in [2.05, 4.69) is 22.4 Å². The number of urea groups is 1. The number of hydrogen-bond acceptors (Lipinski definition) is 4. The number of anilines is 1. The van der Waals surface area contributed by atoms with Crippen LogP contribution in [0.5, 0.6) is 0 Å². The van der Waals surface area contributed by atoms with E-state index >= 15 is 0 Å². The summed E-state index contributed by atoms with van der Waals surface area (Å²) in [5, 5.41) is 7.68. The average molecular weight is 397 g/mol. The van der Waals surface area contributed by atoms with Crippen LogP contribution in [0, 0.1) is 0 Å². The predicted molar refractivity (Wildman–Crippen MR) is 108 cm³/mol. The van der Waals surface area contributed by atoms with Crippen LogP contribution in [0.1, 0.15) is 37.3 Å². The van der Waals surface area contributed by atoms with Gasteiger partial charge in [0.2, 0.25) is 11.7 Å². The van der Waals surface area contributed by atoms with E-state index < -0.39 is 0 Å². The van der Waals surface area contributed by atoms with Gasteiger partial charge in [0.25, 0.3) is 0 Å². The molecule has 0 spiro atoms. The zero-order valence-electron chi connectivity index (χ0n) is 15.6. The number of halogens is 1. The largest absolute Gasteiger partial charge is 0.337 e. The molecule has 0 radical (unpaired) electrons. The lowest BCUT2D eigenvalue weighted by Gasteiger charge is -2.22. The molecule has 2 amide bonds. The van der Waals surface area contributed by atoms with Gasteiger partial charge in [0.1, 0.15) is 6.04 Å². The maximum atomic E-state index is 12.8. The summed E-state index contributed by atoms with van der Waals surface area (Å²) in [5.74, 6) is 0.952. The van der Waals surface area contributed by atoms with Gasteiger partial charge in [0.05, 0.1) is 0 Å². The van der Waals surface area contributed by atoms with Gasteiger partial charge < -0.3 is 14.7 Å². The van der Waals surface area contributed by atoms with Crippen LogP contribution in [0.4, 0.5) is 10.5 Å². The van der Waals surface area contributed by atoms with Crippen molar-refractivity contribution in [1.29, 1.82) is 0 Å². The van der Waals surface area contributed by atoms with Gasteiger partial charge in [0, 0.05) is 22.8 Å². The maximum Gasteiger partial charge on any atom is 0.322 e. The summed E-state index contributed by atoms with van der Waals surface area (Å²) >= 11 is 5.93. The zero-order valence-corrected chi connectivity index (χ0v) is 16.3. The molecule has 0 bridgehead atoms. The molecular weight excluding hydrogens is 376 g/mol. The summed E-state index contributed by atoms with van der Waals surface area (Å²) < 4.78 is 5.48. The Morgan fingerprint density at radius 2 is 1.96 bits per heavy atom. The first-order valence-electron chi connectivity index (χ1n) is 9.40. The minimum atomic E-state index is -0.219. The third kappa shape index (κ3) is 3.87. The highest BCUT2D eigenvalue weighted by Crippen LogP contribution is 2.32. The zero-order chi connectivity index (χ0) is 19.5. The Kier molecular flexibility index (Phi) is 5.30. The minimum absolute atomic E-state index is 0.155. The highest BCUT2D eigenvalue weighted by Gasteiger charge is 2.34. The van der Waals surface area contributed by atoms with Gasteiger partial charge in [-0.3, -0.25) is 0 Å². The van der Waals surface area contributed by atoms with Crippen molar-refractivity contribution in [3.63, 3.8) is 0 Å². The molecule has 0 saturated carbocycles. The molecule has 1 N–H and O–H groups in total. The Hall–Kier alpha value is -2.86. The van der Waals surface area contributed by atoms with E-state index in [0.29, 0.717) is 23.3 Å². The first-order chi connectivity index (χ1) is 13.6. The van der Waals surface area contributed by atoms with E-state index in [-0.39, 0.29) is 12.1 Å². The fourth-order valence-corrected chi connectivity index (χ4v) is 3.50. The van der Waals surface area contributed by atoms with Crippen LogP contribution in [-0.4, -0.2) is 27.6 Å². The third-order valence-corrected chi connectivity index (χ3v) is 5.21. The van der Waals surface area contributed by atoms with Crippen molar-refractivity contribution >= 4 is 23.3 Å². The Morgan fingerprint density at radius 1 is 1.21 bits per heavy atom. The standard InChI is InChI=1S/C21H21ClN4O2/c1-2-14-5-11-17(12-6-14)23-21(27)26-13-3-4-18(26)20-24-19(25-28-20)15-7-9-16(22)10-8-15/h5-12,18H,2-4,13H2,1H3,(H,23,27)/t18-/m1/s1. The minimum Gasteiger partial charge on any atom is -0.337 e. The van der Waals surface area contributed by atoms with Gasteiger partial charge in [-0.25, -0.2) is 4.79 Å². The molecule has 28 heavy (non-hydrogen) atoms. The monoisotopic (exact) mass is 396 g/mol. The third-order valence-electron chi connectivity index (χ3n) is 4.96. The highest BCUT2D eigenvalue weighted by molar-refractivity contribution is 6.30. The number of nitrogens with zero attached hydrogens (tertiary/aromatic N) is 3. The molecule has 1 aliphatic rings. The SMILES string of the molecule is CCc1ccc(NC(=O)N2CCC[C@@H]2c2nc(-c3ccc(Cl)cc3)no2)cc1. The molecule has 6 nitrogen and oxygen atoms in total. The molecule has 1 aromatic heterocycles. The van der Waals surface area contributed by atoms with Crippen molar-refractivity contribution in [2.45, 2.75) is 32.2 Å². The molecule has 3 aromatic rings. The lowest BCUT2D eigenvalue weighted by atomic mass is 10.1. The van der Waals surface area contributed by atoms with Crippen LogP contribution < -0.4 is 5.32 Å². The average Bonchev–Trinajstić information content (AvgIpc) is 3.38. The molecule has 1 fully saturated rings. The first-order valence-corrected chi connectivity index (χ1v) is 9.78. The molecule has 1 saturated heterocycles. The van der Waals surface area contributed by atoms with Crippen molar-refractivity contribution in [3.05, 3.63) is 65.0 Å². The van der Waals surface area contributed by atoms with Crippen molar-refractivity contribution in [3.8, 4) is 11.4 Å². The smallest absolute Gasteiger partial charge is 0.322 e. The number of amides is 2. The second-order valence-electron chi connectivity index (χ2n) is 6.80. The lowest BCUT2D eigenvalue weighted by Crippen LogP contribution is -2.34. The summed E-state index contributed by atoms with van der Waals surface area (Å²) in [5.41, 5.74) is 2.84. The van der Waals surface area contributed by atoms with Crippen molar-refractivity contribution in [2.24, 2.45) is 0 Å². The second kappa shape index (κ2) is 8.02. The molecule has 144 valence electrons. The molecule has 0 unspecified atom stereocenters. The topological polar surface area (TPSA) is 71.3 Å². The fourth-order valence-electron chi connectivity index (χ4n) is 3.37. The number of rotatable bonds is 4. The van der Waals surface area contributed by atoms with Gasteiger partial charge in [-0.05, 0) is 61.2 Å². The van der Waals surface area contributed by atoms with Crippen LogP contribution in [0.15, 0.2) is 53.1 Å². The number of nitrogens with one attached hydrogen (secondary N) is 1. The van der Waals surface area contributed by atoms with Crippen molar-refractivity contribution < 1.29 is 9.32 Å². The number of aromatic nitrogens is 2. The molecule has 0 aliphatic carbocycles. The van der Waals surface area contributed by atoms with Crippen LogP contribution in [0.3, 0.4) is 0 Å². The fraction of sp³-hybridized carbons (Fsp3) is 0.286. The Morgan fingerprint density at radius 3 is 2.68 bits per heavy atom. The lowest BCUT2D eigenvalue weighted by molar-refractivity contribution is 0.193. The summed E-state index contributed by atoms with van der Waals surface area (Å²) in [6.07, 6.45) is 2.66. The van der Waals surface area contributed by atoms with Crippen LogP contribution in [-0.2, 0) is 6.42 Å². The Balaban J connectivity index is 1.48. The summed E-state index contributed by atoms with van der Waals surface area (Å²) in [6.45, 7) is 2.76. The summed E-state index contributed by atoms with van der Waals surface area (Å²) in [4.78, 5) is 19.0. The maximum absolute atomic E-state index is 12.8. The predicted octanol–water partition coefficient (Wildman–Crippen LogP) is 5.32. The molecule has 1 atom stereocenters. The Bertz CT molecular complexity index is 953. The van der Waals surface area contributed by atoms with Crippen molar-refractivity contribution in [1.82, 2.24) is 15.0 Å². The number of carbonyl (C=O) groups excluding carboxylic acids is 1. The van der Waals surface area contributed by atoms with Crippen LogP contribution in [0.25, 0.3) is 11.4 Å². The van der Waals surface area contributed by atoms with Crippen LogP contribution in [0.2, 0.25) is 5.02 Å². The van der Waals surface area contributed by atoms with Crippen LogP contribution >= 0.6 is 11.6 Å². The molecule has 2 heterocycles. The molecular formula is C21H21ClN4O2. The summed E-state index contributed by atoms with van der Waals surface area (Å²) in [7, 11) is 0. The van der Waals surface area contributed by atoms with E-state index in [0.717, 1.165) is 30.5 Å². The van der Waals surface area contributed by atoms with E-state index in [9.17, 15) is 4.79 Å². The number of likely N-dealkylation sites (tertiary alicyclic amines) is 1. The summed E-state index contributed by atoms with van der Waals surface area (Å²) in [6, 6.07) is 14.8. The van der Waals surface area contributed by atoms with Gasteiger partial charge >= 0.3 is 6.03 Å². The number of benzene rings is 2.